The zero-order valence-electron chi connectivity index (χ0n) is 11.5. The van der Waals surface area contributed by atoms with Crippen molar-refractivity contribution >= 4 is 0 Å². The van der Waals surface area contributed by atoms with Crippen molar-refractivity contribution in [1.29, 1.82) is 0 Å². The van der Waals surface area contributed by atoms with Crippen molar-refractivity contribution in [2.45, 2.75) is 58.4 Å². The lowest BCUT2D eigenvalue weighted by molar-refractivity contribution is 0.491. The summed E-state index contributed by atoms with van der Waals surface area (Å²) in [6.07, 6.45) is 7.88. The molecule has 17 heavy (non-hydrogen) atoms. The summed E-state index contributed by atoms with van der Waals surface area (Å²) < 4.78 is 0. The van der Waals surface area contributed by atoms with E-state index in [4.69, 9.17) is 0 Å². The Bertz CT molecular complexity index is 310. The van der Waals surface area contributed by atoms with E-state index in [1.165, 1.54) is 44.2 Å². The van der Waals surface area contributed by atoms with E-state index in [0.29, 0.717) is 6.04 Å². The molecule has 2 heteroatoms. The Morgan fingerprint density at radius 1 is 1.18 bits per heavy atom. The molecule has 96 valence electrons. The number of rotatable bonds is 8. The highest BCUT2D eigenvalue weighted by Crippen LogP contribution is 2.18. The molecule has 0 radical (unpaired) electrons. The normalized spacial score (nSPS) is 12.6. The quantitative estimate of drug-likeness (QED) is 0.687. The second-order valence-corrected chi connectivity index (χ2v) is 4.75. The van der Waals surface area contributed by atoms with Gasteiger partial charge in [0.1, 0.15) is 0 Å². The Balaban J connectivity index is 2.38. The van der Waals surface area contributed by atoms with E-state index < -0.39 is 0 Å². The number of aryl methyl sites for hydroxylation is 1. The maximum absolute atomic E-state index is 4.60. The summed E-state index contributed by atoms with van der Waals surface area (Å²) in [5, 5.41) is 3.37. The summed E-state index contributed by atoms with van der Waals surface area (Å²) in [5.41, 5.74) is 2.29. The maximum atomic E-state index is 4.60. The molecule has 1 N–H and O–H groups in total. The maximum Gasteiger partial charge on any atom is 0.0576 e. The molecular weight excluding hydrogens is 208 g/mol. The SMILES string of the molecule is CCCCCCCC(NC)c1cccc(C)n1. The molecule has 2 nitrogen and oxygen atoms in total. The minimum absolute atomic E-state index is 0.413. The molecule has 0 aromatic carbocycles. The van der Waals surface area contributed by atoms with Crippen molar-refractivity contribution < 1.29 is 0 Å². The first-order valence-corrected chi connectivity index (χ1v) is 6.88. The molecule has 0 aliphatic heterocycles. The fourth-order valence-corrected chi connectivity index (χ4v) is 2.15. The van der Waals surface area contributed by atoms with Crippen LogP contribution in [0, 0.1) is 6.92 Å². The highest BCUT2D eigenvalue weighted by atomic mass is 14.9. The van der Waals surface area contributed by atoms with Crippen LogP contribution in [0.2, 0.25) is 0 Å². The van der Waals surface area contributed by atoms with Crippen molar-refractivity contribution in [2.24, 2.45) is 0 Å². The molecular formula is C15H26N2. The van der Waals surface area contributed by atoms with E-state index in [-0.39, 0.29) is 0 Å². The number of aromatic nitrogens is 1. The smallest absolute Gasteiger partial charge is 0.0576 e. The van der Waals surface area contributed by atoms with Gasteiger partial charge in [-0.1, -0.05) is 45.1 Å². The van der Waals surface area contributed by atoms with Gasteiger partial charge in [0, 0.05) is 11.7 Å². The first kappa shape index (κ1) is 14.2. The van der Waals surface area contributed by atoms with Gasteiger partial charge in [-0.2, -0.15) is 0 Å². The average Bonchev–Trinajstić information content (AvgIpc) is 2.34. The number of hydrogen-bond acceptors (Lipinski definition) is 2. The molecule has 0 bridgehead atoms. The first-order valence-electron chi connectivity index (χ1n) is 6.88. The predicted octanol–water partition coefficient (Wildman–Crippen LogP) is 4.01. The summed E-state index contributed by atoms with van der Waals surface area (Å²) in [7, 11) is 2.03. The van der Waals surface area contributed by atoms with Crippen molar-refractivity contribution in [1.82, 2.24) is 10.3 Å². The summed E-state index contributed by atoms with van der Waals surface area (Å²) in [4.78, 5) is 4.60. The second-order valence-electron chi connectivity index (χ2n) is 4.75. The Morgan fingerprint density at radius 3 is 2.59 bits per heavy atom. The fourth-order valence-electron chi connectivity index (χ4n) is 2.15. The molecule has 1 heterocycles. The molecule has 1 aromatic rings. The van der Waals surface area contributed by atoms with Crippen LogP contribution in [0.3, 0.4) is 0 Å². The monoisotopic (exact) mass is 234 g/mol. The average molecular weight is 234 g/mol. The van der Waals surface area contributed by atoms with E-state index in [1.54, 1.807) is 0 Å². The van der Waals surface area contributed by atoms with Gasteiger partial charge in [-0.15, -0.1) is 0 Å². The van der Waals surface area contributed by atoms with Gasteiger partial charge in [-0.05, 0) is 32.5 Å². The molecule has 0 saturated carbocycles. The highest BCUT2D eigenvalue weighted by Gasteiger charge is 2.09. The largest absolute Gasteiger partial charge is 0.312 e. The molecule has 0 fully saturated rings. The van der Waals surface area contributed by atoms with Crippen LogP contribution in [-0.2, 0) is 0 Å². The predicted molar refractivity (Wildman–Crippen MR) is 74.2 cm³/mol. The number of unbranched alkanes of at least 4 members (excludes halogenated alkanes) is 4. The van der Waals surface area contributed by atoms with E-state index in [1.807, 2.05) is 7.05 Å². The Hall–Kier alpha value is -0.890. The molecule has 0 saturated heterocycles. The number of hydrogen-bond donors (Lipinski definition) is 1. The number of nitrogens with zero attached hydrogens (tertiary/aromatic N) is 1. The minimum Gasteiger partial charge on any atom is -0.312 e. The third kappa shape index (κ3) is 5.31. The fraction of sp³-hybridized carbons (Fsp3) is 0.667. The lowest BCUT2D eigenvalue weighted by Gasteiger charge is -2.15. The molecule has 1 aromatic heterocycles. The molecule has 1 atom stereocenters. The van der Waals surface area contributed by atoms with Gasteiger partial charge >= 0.3 is 0 Å². The van der Waals surface area contributed by atoms with Gasteiger partial charge in [-0.3, -0.25) is 4.98 Å². The van der Waals surface area contributed by atoms with Crippen molar-refractivity contribution in [2.75, 3.05) is 7.05 Å². The van der Waals surface area contributed by atoms with Gasteiger partial charge in [-0.25, -0.2) is 0 Å². The lowest BCUT2D eigenvalue weighted by Crippen LogP contribution is -2.17. The third-order valence-electron chi connectivity index (χ3n) is 3.21. The van der Waals surface area contributed by atoms with Crippen molar-refractivity contribution in [3.63, 3.8) is 0 Å². The van der Waals surface area contributed by atoms with E-state index in [2.05, 4.69) is 42.3 Å². The van der Waals surface area contributed by atoms with Crippen LogP contribution in [0.25, 0.3) is 0 Å². The first-order chi connectivity index (χ1) is 8.27. The van der Waals surface area contributed by atoms with Gasteiger partial charge in [0.25, 0.3) is 0 Å². The van der Waals surface area contributed by atoms with Gasteiger partial charge in [0.2, 0.25) is 0 Å². The highest BCUT2D eigenvalue weighted by molar-refractivity contribution is 5.13. The number of nitrogens with one attached hydrogen (secondary N) is 1. The zero-order valence-corrected chi connectivity index (χ0v) is 11.5. The third-order valence-corrected chi connectivity index (χ3v) is 3.21. The molecule has 1 rings (SSSR count). The lowest BCUT2D eigenvalue weighted by atomic mass is 10.0. The van der Waals surface area contributed by atoms with Crippen LogP contribution in [0.1, 0.15) is 62.9 Å². The summed E-state index contributed by atoms with van der Waals surface area (Å²) in [6.45, 7) is 4.31. The standard InChI is InChI=1S/C15H26N2/c1-4-5-6-7-8-11-14(16-3)15-12-9-10-13(2)17-15/h9-10,12,14,16H,4-8,11H2,1-3H3. The van der Waals surface area contributed by atoms with Gasteiger partial charge < -0.3 is 5.32 Å². The van der Waals surface area contributed by atoms with Crippen LogP contribution >= 0.6 is 0 Å². The van der Waals surface area contributed by atoms with E-state index in [0.717, 1.165) is 5.69 Å². The van der Waals surface area contributed by atoms with Crippen LogP contribution in [-0.4, -0.2) is 12.0 Å². The minimum atomic E-state index is 0.413. The molecule has 0 amide bonds. The zero-order chi connectivity index (χ0) is 12.5. The Kier molecular flexibility index (Phi) is 6.87. The second kappa shape index (κ2) is 8.24. The Labute approximate surface area is 106 Å². The van der Waals surface area contributed by atoms with Crippen LogP contribution in [0.4, 0.5) is 0 Å². The van der Waals surface area contributed by atoms with Crippen LogP contribution in [0.5, 0.6) is 0 Å². The molecule has 0 aliphatic carbocycles. The van der Waals surface area contributed by atoms with E-state index >= 15 is 0 Å². The Morgan fingerprint density at radius 2 is 1.94 bits per heavy atom. The van der Waals surface area contributed by atoms with Crippen molar-refractivity contribution in [3.05, 3.63) is 29.6 Å². The van der Waals surface area contributed by atoms with Crippen LogP contribution in [0.15, 0.2) is 18.2 Å². The van der Waals surface area contributed by atoms with Gasteiger partial charge in [0.15, 0.2) is 0 Å². The molecule has 1 unspecified atom stereocenters. The molecule has 0 spiro atoms. The number of pyridine rings is 1. The summed E-state index contributed by atoms with van der Waals surface area (Å²) >= 11 is 0. The van der Waals surface area contributed by atoms with Crippen LogP contribution < -0.4 is 5.32 Å². The summed E-state index contributed by atoms with van der Waals surface area (Å²) in [5.74, 6) is 0. The topological polar surface area (TPSA) is 24.9 Å². The van der Waals surface area contributed by atoms with E-state index in [9.17, 15) is 0 Å². The molecule has 0 aliphatic rings. The van der Waals surface area contributed by atoms with Gasteiger partial charge in [0.05, 0.1) is 5.69 Å². The van der Waals surface area contributed by atoms with Crippen molar-refractivity contribution in [3.8, 4) is 0 Å². The summed E-state index contributed by atoms with van der Waals surface area (Å²) in [6, 6.07) is 6.69.